The SMILES string of the molecule is C=CCOc1ccc(-c2nn(-c3ccccc3)cc2/C=C2/C(=O)N(C3CCCC3)C(=O)C(C#N)=C2C)cc1C. The molecule has 7 heteroatoms. The molecule has 2 aliphatic rings. The molecule has 0 saturated heterocycles. The zero-order valence-electron chi connectivity index (χ0n) is 22.2. The van der Waals surface area contributed by atoms with E-state index in [-0.39, 0.29) is 17.5 Å². The largest absolute Gasteiger partial charge is 0.489 e. The first-order valence-corrected chi connectivity index (χ1v) is 13.1. The van der Waals surface area contributed by atoms with Crippen LogP contribution < -0.4 is 4.74 Å². The molecule has 2 amide bonds. The van der Waals surface area contributed by atoms with Gasteiger partial charge < -0.3 is 4.74 Å². The van der Waals surface area contributed by atoms with Gasteiger partial charge in [0.15, 0.2) is 0 Å². The van der Waals surface area contributed by atoms with Gasteiger partial charge in [0.05, 0.1) is 11.4 Å². The summed E-state index contributed by atoms with van der Waals surface area (Å²) in [5.74, 6) is -0.0900. The minimum Gasteiger partial charge on any atom is -0.489 e. The number of aromatic nitrogens is 2. The molecule has 0 N–H and O–H groups in total. The molecule has 196 valence electrons. The fourth-order valence-electron chi connectivity index (χ4n) is 5.29. The number of nitriles is 1. The van der Waals surface area contributed by atoms with E-state index in [0.29, 0.717) is 29.0 Å². The van der Waals surface area contributed by atoms with Crippen molar-refractivity contribution in [1.82, 2.24) is 14.7 Å². The van der Waals surface area contributed by atoms with Crippen LogP contribution in [-0.4, -0.2) is 39.1 Å². The van der Waals surface area contributed by atoms with Crippen molar-refractivity contribution >= 4 is 17.9 Å². The van der Waals surface area contributed by atoms with Gasteiger partial charge in [-0.1, -0.05) is 43.7 Å². The smallest absolute Gasteiger partial charge is 0.271 e. The zero-order chi connectivity index (χ0) is 27.5. The number of ether oxygens (including phenoxy) is 1. The Morgan fingerprint density at radius 2 is 1.85 bits per heavy atom. The number of imide groups is 1. The van der Waals surface area contributed by atoms with Crippen molar-refractivity contribution in [1.29, 1.82) is 5.26 Å². The average Bonchev–Trinajstić information content (AvgIpc) is 3.62. The maximum absolute atomic E-state index is 13.8. The lowest BCUT2D eigenvalue weighted by atomic mass is 9.92. The molecular weight excluding hydrogens is 488 g/mol. The number of nitrogens with zero attached hydrogens (tertiary/aromatic N) is 4. The second kappa shape index (κ2) is 11.0. The number of carbonyl (C=O) groups is 2. The maximum atomic E-state index is 13.8. The van der Waals surface area contributed by atoms with Crippen molar-refractivity contribution in [2.24, 2.45) is 0 Å². The molecule has 1 aliphatic carbocycles. The molecule has 1 aliphatic heterocycles. The minimum atomic E-state index is -0.491. The molecule has 1 saturated carbocycles. The van der Waals surface area contributed by atoms with Gasteiger partial charge in [-0.25, -0.2) is 4.68 Å². The molecule has 39 heavy (non-hydrogen) atoms. The summed E-state index contributed by atoms with van der Waals surface area (Å²) >= 11 is 0. The summed E-state index contributed by atoms with van der Waals surface area (Å²) < 4.78 is 7.53. The Kier molecular flexibility index (Phi) is 7.29. The Bertz CT molecular complexity index is 1550. The van der Waals surface area contributed by atoms with Gasteiger partial charge in [0.25, 0.3) is 11.8 Å². The molecule has 0 bridgehead atoms. The van der Waals surface area contributed by atoms with Gasteiger partial charge in [-0.2, -0.15) is 10.4 Å². The van der Waals surface area contributed by atoms with Crippen LogP contribution in [0.3, 0.4) is 0 Å². The second-order valence-electron chi connectivity index (χ2n) is 9.88. The van der Waals surface area contributed by atoms with Crippen molar-refractivity contribution in [3.05, 3.63) is 95.2 Å². The van der Waals surface area contributed by atoms with Crippen molar-refractivity contribution in [3.63, 3.8) is 0 Å². The molecule has 0 unspecified atom stereocenters. The summed E-state index contributed by atoms with van der Waals surface area (Å²) in [6, 6.07) is 17.4. The number of para-hydroxylation sites is 1. The summed E-state index contributed by atoms with van der Waals surface area (Å²) in [7, 11) is 0. The van der Waals surface area contributed by atoms with Gasteiger partial charge >= 0.3 is 0 Å². The standard InChI is InChI=1S/C32H30N4O3/c1-4-16-39-29-15-14-23(17-21(29)2)30-24(20-35(34-30)25-10-6-5-7-11-25)18-27-22(3)28(19-33)32(38)36(31(27)37)26-12-8-9-13-26/h4-7,10-11,14-15,17-18,20,26H,1,8-9,12-13,16H2,2-3H3/b27-18+. The summed E-state index contributed by atoms with van der Waals surface area (Å²) in [4.78, 5) is 28.2. The van der Waals surface area contributed by atoms with E-state index in [1.54, 1.807) is 23.8 Å². The molecule has 2 aromatic carbocycles. The molecule has 3 aromatic rings. The quantitative estimate of drug-likeness (QED) is 0.219. The molecule has 2 heterocycles. The predicted octanol–water partition coefficient (Wildman–Crippen LogP) is 5.95. The first-order valence-electron chi connectivity index (χ1n) is 13.1. The number of benzene rings is 2. The van der Waals surface area contributed by atoms with Gasteiger partial charge in [0.2, 0.25) is 0 Å². The van der Waals surface area contributed by atoms with E-state index < -0.39 is 5.91 Å². The zero-order valence-corrected chi connectivity index (χ0v) is 22.2. The fourth-order valence-corrected chi connectivity index (χ4v) is 5.29. The Morgan fingerprint density at radius 1 is 1.10 bits per heavy atom. The average molecular weight is 519 g/mol. The Hall–Kier alpha value is -4.70. The lowest BCUT2D eigenvalue weighted by Gasteiger charge is -2.32. The van der Waals surface area contributed by atoms with Crippen LogP contribution in [-0.2, 0) is 9.59 Å². The van der Waals surface area contributed by atoms with E-state index in [1.165, 1.54) is 4.90 Å². The molecule has 0 spiro atoms. The van der Waals surface area contributed by atoms with Crippen LogP contribution in [0.2, 0.25) is 0 Å². The van der Waals surface area contributed by atoms with Crippen LogP contribution in [0.4, 0.5) is 0 Å². The van der Waals surface area contributed by atoms with Crippen LogP contribution in [0.1, 0.15) is 43.7 Å². The topological polar surface area (TPSA) is 88.2 Å². The predicted molar refractivity (Wildman–Crippen MR) is 150 cm³/mol. The van der Waals surface area contributed by atoms with Crippen LogP contribution in [0.5, 0.6) is 5.75 Å². The summed E-state index contributed by atoms with van der Waals surface area (Å²) in [5, 5.41) is 14.7. The number of rotatable bonds is 7. The first kappa shape index (κ1) is 25.9. The van der Waals surface area contributed by atoms with Crippen molar-refractivity contribution in [3.8, 4) is 28.8 Å². The number of aryl methyl sites for hydroxylation is 1. The van der Waals surface area contributed by atoms with Gasteiger partial charge in [-0.3, -0.25) is 14.5 Å². The fraction of sp³-hybridized carbons (Fsp3) is 0.250. The first-order chi connectivity index (χ1) is 18.9. The summed E-state index contributed by atoms with van der Waals surface area (Å²) in [5.41, 5.74) is 4.80. The Morgan fingerprint density at radius 3 is 2.51 bits per heavy atom. The van der Waals surface area contributed by atoms with Crippen LogP contribution in [0.15, 0.2) is 84.1 Å². The van der Waals surface area contributed by atoms with Crippen molar-refractivity contribution in [2.75, 3.05) is 6.61 Å². The highest BCUT2D eigenvalue weighted by Crippen LogP contribution is 2.35. The Labute approximate surface area is 228 Å². The minimum absolute atomic E-state index is 0.0179. The molecule has 1 aromatic heterocycles. The van der Waals surface area contributed by atoms with E-state index in [2.05, 4.69) is 12.6 Å². The maximum Gasteiger partial charge on any atom is 0.271 e. The highest BCUT2D eigenvalue weighted by molar-refractivity contribution is 6.20. The normalized spacial score (nSPS) is 17.2. The molecule has 0 atom stereocenters. The number of carbonyl (C=O) groups excluding carboxylic acids is 2. The molecule has 0 radical (unpaired) electrons. The monoisotopic (exact) mass is 518 g/mol. The van der Waals surface area contributed by atoms with Crippen LogP contribution in [0.25, 0.3) is 23.0 Å². The molecule has 1 fully saturated rings. The van der Waals surface area contributed by atoms with Gasteiger partial charge in [-0.15, -0.1) is 0 Å². The third-order valence-electron chi connectivity index (χ3n) is 7.33. The molecule has 5 rings (SSSR count). The van der Waals surface area contributed by atoms with Crippen LogP contribution in [0, 0.1) is 18.3 Å². The number of hydrogen-bond acceptors (Lipinski definition) is 5. The van der Waals surface area contributed by atoms with E-state index in [0.717, 1.165) is 48.2 Å². The summed E-state index contributed by atoms with van der Waals surface area (Å²) in [6.07, 6.45) is 8.79. The van der Waals surface area contributed by atoms with Crippen molar-refractivity contribution < 1.29 is 14.3 Å². The third-order valence-corrected chi connectivity index (χ3v) is 7.33. The van der Waals surface area contributed by atoms with Gasteiger partial charge in [0, 0.05) is 28.9 Å². The van der Waals surface area contributed by atoms with Crippen molar-refractivity contribution in [2.45, 2.75) is 45.6 Å². The van der Waals surface area contributed by atoms with E-state index in [9.17, 15) is 14.9 Å². The second-order valence-corrected chi connectivity index (χ2v) is 9.88. The van der Waals surface area contributed by atoms with Crippen LogP contribution >= 0.6 is 0 Å². The highest BCUT2D eigenvalue weighted by atomic mass is 16.5. The highest BCUT2D eigenvalue weighted by Gasteiger charge is 2.40. The lowest BCUT2D eigenvalue weighted by molar-refractivity contribution is -0.143. The van der Waals surface area contributed by atoms with E-state index in [4.69, 9.17) is 9.84 Å². The third kappa shape index (κ3) is 4.94. The summed E-state index contributed by atoms with van der Waals surface area (Å²) in [6.45, 7) is 7.75. The number of hydrogen-bond donors (Lipinski definition) is 0. The molecular formula is C32H30N4O3. The lowest BCUT2D eigenvalue weighted by Crippen LogP contribution is -2.47. The number of amides is 2. The van der Waals surface area contributed by atoms with Gasteiger partial charge in [-0.05, 0) is 74.2 Å². The van der Waals surface area contributed by atoms with E-state index in [1.807, 2.05) is 61.7 Å². The molecule has 7 nitrogen and oxygen atoms in total. The Balaban J connectivity index is 1.65. The van der Waals surface area contributed by atoms with E-state index >= 15 is 0 Å². The van der Waals surface area contributed by atoms with Gasteiger partial charge in [0.1, 0.15) is 24.0 Å².